The lowest BCUT2D eigenvalue weighted by atomic mass is 9.98. The van der Waals surface area contributed by atoms with Crippen molar-refractivity contribution in [3.63, 3.8) is 0 Å². The van der Waals surface area contributed by atoms with E-state index in [9.17, 15) is 4.39 Å². The molecule has 0 aromatic heterocycles. The SMILES string of the molecule is CNC(c1ccc(OC(C)C)cc1)c1cccc(F)c1Br. The van der Waals surface area contributed by atoms with Gasteiger partial charge < -0.3 is 10.1 Å². The van der Waals surface area contributed by atoms with Crippen LogP contribution in [-0.2, 0) is 0 Å². The quantitative estimate of drug-likeness (QED) is 0.843. The van der Waals surface area contributed by atoms with Crippen LogP contribution in [0.2, 0.25) is 0 Å². The van der Waals surface area contributed by atoms with Gasteiger partial charge in [0.2, 0.25) is 0 Å². The highest BCUT2D eigenvalue weighted by Crippen LogP contribution is 2.31. The molecule has 1 atom stereocenters. The van der Waals surface area contributed by atoms with Gasteiger partial charge in [-0.15, -0.1) is 0 Å². The minimum Gasteiger partial charge on any atom is -0.491 e. The Morgan fingerprint density at radius 1 is 1.10 bits per heavy atom. The van der Waals surface area contributed by atoms with Crippen LogP contribution in [-0.4, -0.2) is 13.2 Å². The molecule has 1 unspecified atom stereocenters. The van der Waals surface area contributed by atoms with Crippen molar-refractivity contribution in [2.75, 3.05) is 7.05 Å². The molecular weight excluding hydrogens is 333 g/mol. The molecule has 1 N–H and O–H groups in total. The Hall–Kier alpha value is -1.39. The van der Waals surface area contributed by atoms with E-state index in [0.29, 0.717) is 4.47 Å². The summed E-state index contributed by atoms with van der Waals surface area (Å²) in [6.45, 7) is 3.99. The summed E-state index contributed by atoms with van der Waals surface area (Å²) < 4.78 is 19.8. The Kier molecular flexibility index (Phi) is 5.37. The molecule has 4 heteroatoms. The number of nitrogens with one attached hydrogen (secondary N) is 1. The van der Waals surface area contributed by atoms with E-state index in [1.807, 2.05) is 51.2 Å². The smallest absolute Gasteiger partial charge is 0.137 e. The van der Waals surface area contributed by atoms with Crippen LogP contribution >= 0.6 is 15.9 Å². The summed E-state index contributed by atoms with van der Waals surface area (Å²) in [5.74, 6) is 0.578. The van der Waals surface area contributed by atoms with Crippen LogP contribution in [0.1, 0.15) is 31.0 Å². The van der Waals surface area contributed by atoms with Crippen LogP contribution in [0.4, 0.5) is 4.39 Å². The molecule has 0 spiro atoms. The van der Waals surface area contributed by atoms with E-state index < -0.39 is 0 Å². The lowest BCUT2D eigenvalue weighted by Gasteiger charge is -2.19. The molecule has 0 radical (unpaired) electrons. The van der Waals surface area contributed by atoms with Crippen molar-refractivity contribution in [1.29, 1.82) is 0 Å². The minimum absolute atomic E-state index is 0.0804. The molecular formula is C17H19BrFNO. The minimum atomic E-state index is -0.257. The molecule has 0 fully saturated rings. The van der Waals surface area contributed by atoms with Gasteiger partial charge in [0.1, 0.15) is 11.6 Å². The maximum atomic E-state index is 13.7. The fourth-order valence-electron chi connectivity index (χ4n) is 2.26. The van der Waals surface area contributed by atoms with Crippen molar-refractivity contribution in [2.24, 2.45) is 0 Å². The van der Waals surface area contributed by atoms with E-state index in [4.69, 9.17) is 4.74 Å². The molecule has 0 heterocycles. The number of rotatable bonds is 5. The summed E-state index contributed by atoms with van der Waals surface area (Å²) in [7, 11) is 1.86. The molecule has 112 valence electrons. The molecule has 2 aromatic carbocycles. The van der Waals surface area contributed by atoms with Crippen molar-refractivity contribution < 1.29 is 9.13 Å². The molecule has 21 heavy (non-hydrogen) atoms. The standard InChI is InChI=1S/C17H19BrFNO/c1-11(2)21-13-9-7-12(8-10-13)17(20-3)14-5-4-6-15(19)16(14)18/h4-11,17,20H,1-3H3. The van der Waals surface area contributed by atoms with E-state index in [1.54, 1.807) is 6.07 Å². The topological polar surface area (TPSA) is 21.3 Å². The number of hydrogen-bond acceptors (Lipinski definition) is 2. The second-order valence-electron chi connectivity index (χ2n) is 5.10. The van der Waals surface area contributed by atoms with Gasteiger partial charge in [-0.3, -0.25) is 0 Å². The molecule has 0 aliphatic carbocycles. The Morgan fingerprint density at radius 2 is 1.76 bits per heavy atom. The molecule has 0 aliphatic rings. The largest absolute Gasteiger partial charge is 0.491 e. The maximum absolute atomic E-state index is 13.7. The van der Waals surface area contributed by atoms with Crippen molar-refractivity contribution in [3.8, 4) is 5.75 Å². The first-order valence-electron chi connectivity index (χ1n) is 6.90. The molecule has 0 saturated heterocycles. The second kappa shape index (κ2) is 7.05. The summed E-state index contributed by atoms with van der Waals surface area (Å²) in [5, 5.41) is 3.23. The van der Waals surface area contributed by atoms with E-state index >= 15 is 0 Å². The average molecular weight is 352 g/mol. The highest BCUT2D eigenvalue weighted by Gasteiger charge is 2.17. The second-order valence-corrected chi connectivity index (χ2v) is 5.89. The summed E-state index contributed by atoms with van der Waals surface area (Å²) in [5.41, 5.74) is 1.93. The Balaban J connectivity index is 2.31. The third kappa shape index (κ3) is 3.83. The molecule has 0 bridgehead atoms. The number of benzene rings is 2. The maximum Gasteiger partial charge on any atom is 0.137 e. The monoisotopic (exact) mass is 351 g/mol. The van der Waals surface area contributed by atoms with Gasteiger partial charge in [0.15, 0.2) is 0 Å². The van der Waals surface area contributed by atoms with Crippen LogP contribution < -0.4 is 10.1 Å². The van der Waals surface area contributed by atoms with Crippen molar-refractivity contribution in [2.45, 2.75) is 26.0 Å². The van der Waals surface area contributed by atoms with Gasteiger partial charge in [-0.1, -0.05) is 24.3 Å². The van der Waals surface area contributed by atoms with Crippen molar-refractivity contribution in [1.82, 2.24) is 5.32 Å². The van der Waals surface area contributed by atoms with Gasteiger partial charge >= 0.3 is 0 Å². The van der Waals surface area contributed by atoms with Crippen LogP contribution in [0.25, 0.3) is 0 Å². The number of halogens is 2. The number of ether oxygens (including phenoxy) is 1. The van der Waals surface area contributed by atoms with Gasteiger partial charge in [-0.2, -0.15) is 0 Å². The number of hydrogen-bond donors (Lipinski definition) is 1. The lowest BCUT2D eigenvalue weighted by molar-refractivity contribution is 0.242. The van der Waals surface area contributed by atoms with E-state index in [2.05, 4.69) is 21.2 Å². The zero-order valence-electron chi connectivity index (χ0n) is 12.4. The zero-order chi connectivity index (χ0) is 15.4. The highest BCUT2D eigenvalue weighted by atomic mass is 79.9. The first kappa shape index (κ1) is 16.0. The molecule has 0 saturated carbocycles. The van der Waals surface area contributed by atoms with Crippen LogP contribution in [0, 0.1) is 5.82 Å². The lowest BCUT2D eigenvalue weighted by Crippen LogP contribution is -2.18. The Labute approximate surface area is 133 Å². The fourth-order valence-corrected chi connectivity index (χ4v) is 2.75. The van der Waals surface area contributed by atoms with Gasteiger partial charge in [-0.05, 0) is 66.2 Å². The van der Waals surface area contributed by atoms with Crippen LogP contribution in [0.15, 0.2) is 46.9 Å². The summed E-state index contributed by atoms with van der Waals surface area (Å²) in [6, 6.07) is 12.9. The molecule has 2 aromatic rings. The fraction of sp³-hybridized carbons (Fsp3) is 0.294. The predicted molar refractivity (Wildman–Crippen MR) is 87.2 cm³/mol. The Bertz CT molecular complexity index is 598. The first-order valence-corrected chi connectivity index (χ1v) is 7.70. The van der Waals surface area contributed by atoms with Crippen molar-refractivity contribution >= 4 is 15.9 Å². The van der Waals surface area contributed by atoms with Crippen molar-refractivity contribution in [3.05, 3.63) is 63.9 Å². The summed E-state index contributed by atoms with van der Waals surface area (Å²) in [4.78, 5) is 0. The summed E-state index contributed by atoms with van der Waals surface area (Å²) >= 11 is 3.33. The van der Waals surface area contributed by atoms with Crippen LogP contribution in [0.3, 0.4) is 0 Å². The molecule has 2 rings (SSSR count). The Morgan fingerprint density at radius 3 is 2.33 bits per heavy atom. The van der Waals surface area contributed by atoms with Gasteiger partial charge in [0, 0.05) is 0 Å². The first-order chi connectivity index (χ1) is 10.0. The predicted octanol–water partition coefficient (Wildman–Crippen LogP) is 4.68. The third-order valence-corrected chi connectivity index (χ3v) is 4.00. The molecule has 0 aliphatic heterocycles. The van der Waals surface area contributed by atoms with Gasteiger partial charge in [0.05, 0.1) is 16.6 Å². The van der Waals surface area contributed by atoms with Gasteiger partial charge in [0.25, 0.3) is 0 Å². The van der Waals surface area contributed by atoms with E-state index in [-0.39, 0.29) is 18.0 Å². The zero-order valence-corrected chi connectivity index (χ0v) is 13.9. The third-order valence-electron chi connectivity index (χ3n) is 3.17. The normalized spacial score (nSPS) is 12.5. The van der Waals surface area contributed by atoms with Gasteiger partial charge in [-0.25, -0.2) is 4.39 Å². The van der Waals surface area contributed by atoms with E-state index in [1.165, 1.54) is 6.07 Å². The molecule has 2 nitrogen and oxygen atoms in total. The highest BCUT2D eigenvalue weighted by molar-refractivity contribution is 9.10. The average Bonchev–Trinajstić information content (AvgIpc) is 2.45. The molecule has 0 amide bonds. The summed E-state index contributed by atoms with van der Waals surface area (Å²) in [6.07, 6.45) is 0.147. The van der Waals surface area contributed by atoms with Crippen LogP contribution in [0.5, 0.6) is 5.75 Å². The van der Waals surface area contributed by atoms with E-state index in [0.717, 1.165) is 16.9 Å².